The normalized spacial score (nSPS) is 20.2. The van der Waals surface area contributed by atoms with Crippen molar-refractivity contribution in [1.29, 1.82) is 0 Å². The van der Waals surface area contributed by atoms with Gasteiger partial charge < -0.3 is 4.90 Å². The molecule has 1 rings (SSSR count). The van der Waals surface area contributed by atoms with E-state index in [4.69, 9.17) is 0 Å². The summed E-state index contributed by atoms with van der Waals surface area (Å²) < 4.78 is 0. The second kappa shape index (κ2) is 8.81. The van der Waals surface area contributed by atoms with Gasteiger partial charge in [0.05, 0.1) is 12.7 Å². The van der Waals surface area contributed by atoms with Gasteiger partial charge in [0.25, 0.3) is 0 Å². The van der Waals surface area contributed by atoms with Crippen LogP contribution in [0.2, 0.25) is 0 Å². The van der Waals surface area contributed by atoms with Crippen molar-refractivity contribution >= 4 is 17.7 Å². The molecule has 17 heavy (non-hydrogen) atoms. The second-order valence-electron chi connectivity index (χ2n) is 4.68. The number of rotatable bonds is 9. The molecule has 1 aliphatic heterocycles. The first kappa shape index (κ1) is 14.8. The van der Waals surface area contributed by atoms with Gasteiger partial charge in [-0.15, -0.1) is 0 Å². The zero-order valence-electron chi connectivity index (χ0n) is 11.2. The van der Waals surface area contributed by atoms with Gasteiger partial charge in [-0.1, -0.05) is 26.2 Å². The number of nitrogens with zero attached hydrogens (tertiary/aromatic N) is 1. The van der Waals surface area contributed by atoms with Crippen LogP contribution in [0.1, 0.15) is 45.4 Å². The SMILES string of the molecule is CCCC1NCC(=O)N1CCCCCCSC. The molecule has 1 atom stereocenters. The Balaban J connectivity index is 2.13. The number of thioether (sulfide) groups is 1. The van der Waals surface area contributed by atoms with Crippen LogP contribution in [0.5, 0.6) is 0 Å². The highest BCUT2D eigenvalue weighted by Gasteiger charge is 2.28. The van der Waals surface area contributed by atoms with Crippen molar-refractivity contribution in [2.75, 3.05) is 25.1 Å². The minimum atomic E-state index is 0.285. The summed E-state index contributed by atoms with van der Waals surface area (Å²) in [6, 6.07) is 0. The van der Waals surface area contributed by atoms with E-state index in [0.717, 1.165) is 25.8 Å². The van der Waals surface area contributed by atoms with E-state index in [1.54, 1.807) is 0 Å². The number of nitrogens with one attached hydrogen (secondary N) is 1. The topological polar surface area (TPSA) is 32.3 Å². The molecule has 3 nitrogen and oxygen atoms in total. The molecule has 0 aromatic rings. The van der Waals surface area contributed by atoms with E-state index in [1.165, 1.54) is 25.0 Å². The molecule has 1 N–H and O–H groups in total. The number of unbranched alkanes of at least 4 members (excludes halogenated alkanes) is 3. The van der Waals surface area contributed by atoms with E-state index >= 15 is 0 Å². The molecule has 100 valence electrons. The minimum absolute atomic E-state index is 0.285. The van der Waals surface area contributed by atoms with Crippen LogP contribution in [0.4, 0.5) is 0 Å². The lowest BCUT2D eigenvalue weighted by molar-refractivity contribution is -0.128. The lowest BCUT2D eigenvalue weighted by Crippen LogP contribution is -2.37. The fraction of sp³-hybridized carbons (Fsp3) is 0.923. The fourth-order valence-corrected chi connectivity index (χ4v) is 2.78. The smallest absolute Gasteiger partial charge is 0.237 e. The molecular weight excluding hydrogens is 232 g/mol. The summed E-state index contributed by atoms with van der Waals surface area (Å²) >= 11 is 1.92. The molecule has 0 saturated carbocycles. The van der Waals surface area contributed by atoms with Crippen LogP contribution in [0.15, 0.2) is 0 Å². The van der Waals surface area contributed by atoms with Crippen molar-refractivity contribution in [2.45, 2.75) is 51.6 Å². The van der Waals surface area contributed by atoms with Crippen molar-refractivity contribution in [1.82, 2.24) is 10.2 Å². The molecule has 1 heterocycles. The maximum absolute atomic E-state index is 11.7. The van der Waals surface area contributed by atoms with Crippen LogP contribution in [0.3, 0.4) is 0 Å². The molecule has 4 heteroatoms. The fourth-order valence-electron chi connectivity index (χ4n) is 2.28. The maximum Gasteiger partial charge on any atom is 0.237 e. The molecular formula is C13H26N2OS. The first-order chi connectivity index (χ1) is 8.29. The monoisotopic (exact) mass is 258 g/mol. The highest BCUT2D eigenvalue weighted by atomic mass is 32.2. The quantitative estimate of drug-likeness (QED) is 0.645. The molecule has 1 unspecified atom stereocenters. The Morgan fingerprint density at radius 3 is 2.82 bits per heavy atom. The predicted molar refractivity (Wildman–Crippen MR) is 75.3 cm³/mol. The van der Waals surface area contributed by atoms with Crippen molar-refractivity contribution in [2.24, 2.45) is 0 Å². The maximum atomic E-state index is 11.7. The standard InChI is InChI=1S/C13H26N2OS/c1-3-8-12-14-11-13(16)15(12)9-6-4-5-7-10-17-2/h12,14H,3-11H2,1-2H3. The average molecular weight is 258 g/mol. The molecule has 0 bridgehead atoms. The summed E-state index contributed by atoms with van der Waals surface area (Å²) in [6.45, 7) is 3.65. The Hall–Kier alpha value is -0.220. The van der Waals surface area contributed by atoms with Crippen molar-refractivity contribution in [3.63, 3.8) is 0 Å². The third-order valence-electron chi connectivity index (χ3n) is 3.25. The average Bonchev–Trinajstić information content (AvgIpc) is 2.66. The number of carbonyl (C=O) groups excluding carboxylic acids is 1. The largest absolute Gasteiger partial charge is 0.326 e. The molecule has 0 spiro atoms. The third-order valence-corrected chi connectivity index (χ3v) is 3.94. The van der Waals surface area contributed by atoms with Crippen molar-refractivity contribution in [3.05, 3.63) is 0 Å². The molecule has 0 aromatic heterocycles. The first-order valence-corrected chi connectivity index (χ1v) is 8.20. The Kier molecular flexibility index (Phi) is 7.69. The minimum Gasteiger partial charge on any atom is -0.326 e. The summed E-state index contributed by atoms with van der Waals surface area (Å²) in [5, 5.41) is 3.29. The van der Waals surface area contributed by atoms with E-state index in [2.05, 4.69) is 18.5 Å². The van der Waals surface area contributed by atoms with Gasteiger partial charge >= 0.3 is 0 Å². The lowest BCUT2D eigenvalue weighted by atomic mass is 10.2. The van der Waals surface area contributed by atoms with Gasteiger partial charge in [-0.2, -0.15) is 11.8 Å². The number of hydrogen-bond acceptors (Lipinski definition) is 3. The van der Waals surface area contributed by atoms with E-state index in [9.17, 15) is 4.79 Å². The van der Waals surface area contributed by atoms with Gasteiger partial charge in [-0.05, 0) is 31.3 Å². The van der Waals surface area contributed by atoms with Crippen molar-refractivity contribution in [3.8, 4) is 0 Å². The van der Waals surface area contributed by atoms with E-state index < -0.39 is 0 Å². The molecule has 0 aliphatic carbocycles. The number of carbonyl (C=O) groups is 1. The van der Waals surface area contributed by atoms with Gasteiger partial charge in [0, 0.05) is 6.54 Å². The highest BCUT2D eigenvalue weighted by Crippen LogP contribution is 2.13. The van der Waals surface area contributed by atoms with Crippen LogP contribution in [-0.4, -0.2) is 42.1 Å². The molecule has 1 fully saturated rings. The van der Waals surface area contributed by atoms with E-state index in [-0.39, 0.29) is 5.91 Å². The van der Waals surface area contributed by atoms with Gasteiger partial charge in [-0.3, -0.25) is 10.1 Å². The molecule has 0 aromatic carbocycles. The van der Waals surface area contributed by atoms with Crippen LogP contribution in [-0.2, 0) is 4.79 Å². The van der Waals surface area contributed by atoms with Crippen molar-refractivity contribution < 1.29 is 4.79 Å². The number of amides is 1. The zero-order chi connectivity index (χ0) is 12.5. The molecule has 1 aliphatic rings. The summed E-state index contributed by atoms with van der Waals surface area (Å²) in [5.74, 6) is 1.55. The Morgan fingerprint density at radius 2 is 2.12 bits per heavy atom. The van der Waals surface area contributed by atoms with Crippen LogP contribution < -0.4 is 5.32 Å². The lowest BCUT2D eigenvalue weighted by Gasteiger charge is -2.23. The molecule has 1 amide bonds. The molecule has 1 saturated heterocycles. The van der Waals surface area contributed by atoms with Gasteiger partial charge in [0.2, 0.25) is 5.91 Å². The second-order valence-corrected chi connectivity index (χ2v) is 5.67. The predicted octanol–water partition coefficient (Wildman–Crippen LogP) is 2.47. The van der Waals surface area contributed by atoms with Crippen LogP contribution in [0.25, 0.3) is 0 Å². The summed E-state index contributed by atoms with van der Waals surface area (Å²) in [5.41, 5.74) is 0. The third kappa shape index (κ3) is 5.30. The van der Waals surface area contributed by atoms with Crippen LogP contribution >= 0.6 is 11.8 Å². The van der Waals surface area contributed by atoms with Gasteiger partial charge in [-0.25, -0.2) is 0 Å². The van der Waals surface area contributed by atoms with E-state index in [0.29, 0.717) is 12.7 Å². The van der Waals surface area contributed by atoms with Gasteiger partial charge in [0.15, 0.2) is 0 Å². The zero-order valence-corrected chi connectivity index (χ0v) is 12.0. The Morgan fingerprint density at radius 1 is 1.35 bits per heavy atom. The molecule has 0 radical (unpaired) electrons. The van der Waals surface area contributed by atoms with E-state index in [1.807, 2.05) is 16.7 Å². The highest BCUT2D eigenvalue weighted by molar-refractivity contribution is 7.98. The Bertz CT molecular complexity index is 223. The first-order valence-electron chi connectivity index (χ1n) is 6.81. The number of hydrogen-bond donors (Lipinski definition) is 1. The van der Waals surface area contributed by atoms with Crippen LogP contribution in [0, 0.1) is 0 Å². The Labute approximate surface area is 110 Å². The summed E-state index contributed by atoms with van der Waals surface area (Å²) in [6.07, 6.45) is 9.70. The summed E-state index contributed by atoms with van der Waals surface area (Å²) in [7, 11) is 0. The van der Waals surface area contributed by atoms with Gasteiger partial charge in [0.1, 0.15) is 0 Å². The summed E-state index contributed by atoms with van der Waals surface area (Å²) in [4.78, 5) is 13.7.